The van der Waals surface area contributed by atoms with Crippen LogP contribution in [0.2, 0.25) is 0 Å². The van der Waals surface area contributed by atoms with Gasteiger partial charge in [-0.15, -0.1) is 11.3 Å². The Morgan fingerprint density at radius 1 is 1.29 bits per heavy atom. The summed E-state index contributed by atoms with van der Waals surface area (Å²) in [5.74, 6) is 1.79. The maximum Gasteiger partial charge on any atom is 0.186 e. The molecule has 0 amide bonds. The van der Waals surface area contributed by atoms with Gasteiger partial charge in [-0.2, -0.15) is 0 Å². The first kappa shape index (κ1) is 10.3. The van der Waals surface area contributed by atoms with E-state index >= 15 is 0 Å². The normalized spacial score (nSPS) is 14.4. The maximum absolute atomic E-state index is 5.59. The van der Waals surface area contributed by atoms with Gasteiger partial charge in [-0.1, -0.05) is 0 Å². The van der Waals surface area contributed by atoms with E-state index in [9.17, 15) is 0 Å². The van der Waals surface area contributed by atoms with Gasteiger partial charge in [-0.25, -0.2) is 0 Å². The van der Waals surface area contributed by atoms with Gasteiger partial charge in [0.2, 0.25) is 0 Å². The number of aryl methyl sites for hydroxylation is 1. The minimum Gasteiger partial charge on any atom is -0.485 e. The van der Waals surface area contributed by atoms with Crippen LogP contribution in [0, 0.1) is 0 Å². The fourth-order valence-electron chi connectivity index (χ4n) is 1.40. The van der Waals surface area contributed by atoms with Crippen molar-refractivity contribution in [2.45, 2.75) is 12.8 Å². The van der Waals surface area contributed by atoms with E-state index in [1.54, 1.807) is 11.3 Å². The molecule has 1 aromatic heterocycles. The Bertz CT molecular complexity index is 327. The van der Waals surface area contributed by atoms with Crippen LogP contribution in [0.5, 0.6) is 11.5 Å². The van der Waals surface area contributed by atoms with Crippen molar-refractivity contribution in [2.24, 2.45) is 5.73 Å². The number of nitrogens with two attached hydrogens (primary N) is 1. The molecular formula is C9H12BrNO2S. The van der Waals surface area contributed by atoms with E-state index in [0.29, 0.717) is 19.8 Å². The lowest BCUT2D eigenvalue weighted by Crippen LogP contribution is -2.15. The second kappa shape index (κ2) is 4.51. The van der Waals surface area contributed by atoms with Crippen LogP contribution in [0.15, 0.2) is 3.79 Å². The topological polar surface area (TPSA) is 44.5 Å². The summed E-state index contributed by atoms with van der Waals surface area (Å²) >= 11 is 5.16. The first-order valence-corrected chi connectivity index (χ1v) is 6.20. The number of thiophene rings is 1. The zero-order chi connectivity index (χ0) is 9.97. The second-order valence-electron chi connectivity index (χ2n) is 3.05. The number of hydrogen-bond donors (Lipinski definition) is 1. The van der Waals surface area contributed by atoms with Crippen LogP contribution in [0.1, 0.15) is 11.3 Å². The third-order valence-corrected chi connectivity index (χ3v) is 3.88. The molecule has 1 aliphatic rings. The van der Waals surface area contributed by atoms with Crippen molar-refractivity contribution in [1.82, 2.24) is 0 Å². The molecule has 2 heterocycles. The summed E-state index contributed by atoms with van der Waals surface area (Å²) in [4.78, 5) is 1.23. The van der Waals surface area contributed by atoms with E-state index < -0.39 is 0 Å². The Kier molecular flexibility index (Phi) is 3.30. The van der Waals surface area contributed by atoms with Crippen LogP contribution in [-0.2, 0) is 6.42 Å². The lowest BCUT2D eigenvalue weighted by atomic mass is 10.2. The fraction of sp³-hybridized carbons (Fsp3) is 0.556. The number of fused-ring (bicyclic) bond motifs is 1. The SMILES string of the molecule is NCCCc1sc(Br)c2c1OCCO2. The minimum atomic E-state index is 0.638. The highest BCUT2D eigenvalue weighted by molar-refractivity contribution is 9.11. The molecule has 0 aromatic carbocycles. The molecule has 0 saturated heterocycles. The highest BCUT2D eigenvalue weighted by Crippen LogP contribution is 2.47. The molecule has 0 bridgehead atoms. The van der Waals surface area contributed by atoms with Crippen LogP contribution < -0.4 is 15.2 Å². The largest absolute Gasteiger partial charge is 0.485 e. The van der Waals surface area contributed by atoms with Crippen LogP contribution in [0.4, 0.5) is 0 Å². The summed E-state index contributed by atoms with van der Waals surface area (Å²) in [5, 5.41) is 0. The Labute approximate surface area is 95.3 Å². The molecule has 78 valence electrons. The average molecular weight is 278 g/mol. The van der Waals surface area contributed by atoms with Crippen molar-refractivity contribution in [1.29, 1.82) is 0 Å². The maximum atomic E-state index is 5.59. The summed E-state index contributed by atoms with van der Waals surface area (Å²) in [6.07, 6.45) is 1.96. The summed E-state index contributed by atoms with van der Waals surface area (Å²) in [6, 6.07) is 0. The first-order chi connectivity index (χ1) is 6.83. The number of ether oxygens (including phenoxy) is 2. The third-order valence-electron chi connectivity index (χ3n) is 2.03. The summed E-state index contributed by atoms with van der Waals surface area (Å²) < 4.78 is 12.1. The van der Waals surface area contributed by atoms with Crippen molar-refractivity contribution in [3.63, 3.8) is 0 Å². The second-order valence-corrected chi connectivity index (χ2v) is 5.47. The standard InChI is InChI=1S/C9H12BrNO2S/c10-9-8-7(12-4-5-13-8)6(14-9)2-1-3-11/h1-5,11H2. The highest BCUT2D eigenvalue weighted by Gasteiger charge is 2.22. The van der Waals surface area contributed by atoms with Gasteiger partial charge in [-0.3, -0.25) is 0 Å². The van der Waals surface area contributed by atoms with Gasteiger partial charge < -0.3 is 15.2 Å². The molecule has 2 N–H and O–H groups in total. The molecule has 3 nitrogen and oxygen atoms in total. The van der Waals surface area contributed by atoms with Crippen molar-refractivity contribution < 1.29 is 9.47 Å². The fourth-order valence-corrected chi connectivity index (χ4v) is 3.23. The van der Waals surface area contributed by atoms with Crippen LogP contribution in [0.3, 0.4) is 0 Å². The quantitative estimate of drug-likeness (QED) is 0.921. The molecule has 1 aromatic rings. The smallest absolute Gasteiger partial charge is 0.186 e. The molecule has 5 heteroatoms. The Hall–Kier alpha value is -0.260. The Morgan fingerprint density at radius 3 is 2.71 bits per heavy atom. The van der Waals surface area contributed by atoms with E-state index in [1.807, 2.05) is 0 Å². The zero-order valence-corrected chi connectivity index (χ0v) is 10.1. The number of hydrogen-bond acceptors (Lipinski definition) is 4. The van der Waals surface area contributed by atoms with Gasteiger partial charge in [0, 0.05) is 0 Å². The molecule has 0 saturated carbocycles. The van der Waals surface area contributed by atoms with E-state index in [0.717, 1.165) is 28.1 Å². The van der Waals surface area contributed by atoms with Crippen molar-refractivity contribution in [3.8, 4) is 11.5 Å². The molecule has 0 fully saturated rings. The predicted octanol–water partition coefficient (Wildman–Crippen LogP) is 2.17. The predicted molar refractivity (Wildman–Crippen MR) is 60.4 cm³/mol. The Balaban J connectivity index is 2.23. The van der Waals surface area contributed by atoms with Gasteiger partial charge >= 0.3 is 0 Å². The summed E-state index contributed by atoms with van der Waals surface area (Å²) in [7, 11) is 0. The van der Waals surface area contributed by atoms with Crippen LogP contribution in [0.25, 0.3) is 0 Å². The molecule has 0 aliphatic carbocycles. The van der Waals surface area contributed by atoms with Crippen molar-refractivity contribution in [3.05, 3.63) is 8.66 Å². The average Bonchev–Trinajstić information content (AvgIpc) is 2.54. The lowest BCUT2D eigenvalue weighted by Gasteiger charge is -2.16. The molecule has 0 unspecified atom stereocenters. The Morgan fingerprint density at radius 2 is 2.00 bits per heavy atom. The summed E-state index contributed by atoms with van der Waals surface area (Å²) in [6.45, 7) is 2.00. The van der Waals surface area contributed by atoms with Crippen molar-refractivity contribution in [2.75, 3.05) is 19.8 Å². The van der Waals surface area contributed by atoms with Crippen molar-refractivity contribution >= 4 is 27.3 Å². The molecule has 14 heavy (non-hydrogen) atoms. The minimum absolute atomic E-state index is 0.638. The molecule has 0 spiro atoms. The molecule has 2 rings (SSSR count). The lowest BCUT2D eigenvalue weighted by molar-refractivity contribution is 0.171. The molecule has 0 radical (unpaired) electrons. The van der Waals surface area contributed by atoms with Gasteiger partial charge in [0.25, 0.3) is 0 Å². The monoisotopic (exact) mass is 277 g/mol. The third kappa shape index (κ3) is 1.89. The zero-order valence-electron chi connectivity index (χ0n) is 7.72. The van der Waals surface area contributed by atoms with E-state index in [4.69, 9.17) is 15.2 Å². The highest BCUT2D eigenvalue weighted by atomic mass is 79.9. The van der Waals surface area contributed by atoms with Gasteiger partial charge in [0.1, 0.15) is 17.0 Å². The molecule has 0 atom stereocenters. The first-order valence-electron chi connectivity index (χ1n) is 4.59. The summed E-state index contributed by atoms with van der Waals surface area (Å²) in [5.41, 5.74) is 5.48. The molecule has 1 aliphatic heterocycles. The van der Waals surface area contributed by atoms with E-state index in [1.165, 1.54) is 4.88 Å². The van der Waals surface area contributed by atoms with E-state index in [-0.39, 0.29) is 0 Å². The van der Waals surface area contributed by atoms with Gasteiger partial charge in [0.15, 0.2) is 11.5 Å². The molecular weight excluding hydrogens is 266 g/mol. The van der Waals surface area contributed by atoms with Gasteiger partial charge in [0.05, 0.1) is 4.88 Å². The van der Waals surface area contributed by atoms with E-state index in [2.05, 4.69) is 15.9 Å². The van der Waals surface area contributed by atoms with Gasteiger partial charge in [-0.05, 0) is 35.3 Å². The van der Waals surface area contributed by atoms with Crippen LogP contribution in [-0.4, -0.2) is 19.8 Å². The number of rotatable bonds is 3. The number of halogens is 1. The van der Waals surface area contributed by atoms with Crippen LogP contribution >= 0.6 is 27.3 Å².